The van der Waals surface area contributed by atoms with E-state index in [1.807, 2.05) is 0 Å². The van der Waals surface area contributed by atoms with Crippen molar-refractivity contribution in [1.82, 2.24) is 0 Å². The van der Waals surface area contributed by atoms with Crippen LogP contribution in [0.1, 0.15) is 32.6 Å². The van der Waals surface area contributed by atoms with Crippen molar-refractivity contribution in [3.05, 3.63) is 24.3 Å². The van der Waals surface area contributed by atoms with Gasteiger partial charge in [-0.15, -0.1) is 0 Å². The van der Waals surface area contributed by atoms with Crippen molar-refractivity contribution in [2.45, 2.75) is 32.6 Å². The Morgan fingerprint density at radius 3 is 2.31 bits per heavy atom. The van der Waals surface area contributed by atoms with E-state index in [1.165, 1.54) is 0 Å². The maximum Gasteiger partial charge on any atom is 0.311 e. The lowest BCUT2D eigenvalue weighted by Crippen LogP contribution is -2.07. The van der Waals surface area contributed by atoms with Crippen LogP contribution in [-0.4, -0.2) is 13.1 Å². The van der Waals surface area contributed by atoms with Crippen LogP contribution >= 0.6 is 0 Å². The highest BCUT2D eigenvalue weighted by Gasteiger charge is 2.04. The third-order valence-corrected chi connectivity index (χ3v) is 2.28. The second-order valence-corrected chi connectivity index (χ2v) is 3.61. The van der Waals surface area contributed by atoms with Crippen LogP contribution in [0.2, 0.25) is 0 Å². The number of methoxy groups -OCH3 is 1. The minimum atomic E-state index is -0.168. The minimum Gasteiger partial charge on any atom is -0.497 e. The Morgan fingerprint density at radius 1 is 1.12 bits per heavy atom. The smallest absolute Gasteiger partial charge is 0.311 e. The summed E-state index contributed by atoms with van der Waals surface area (Å²) in [5, 5.41) is 0. The number of benzene rings is 1. The van der Waals surface area contributed by atoms with Gasteiger partial charge in [-0.2, -0.15) is 0 Å². The van der Waals surface area contributed by atoms with Crippen LogP contribution in [0.15, 0.2) is 24.3 Å². The van der Waals surface area contributed by atoms with Gasteiger partial charge in [-0.1, -0.05) is 19.8 Å². The molecule has 0 unspecified atom stereocenters. The molecular weight excluding hydrogens is 204 g/mol. The first-order chi connectivity index (χ1) is 7.76. The van der Waals surface area contributed by atoms with Gasteiger partial charge in [0.05, 0.1) is 7.11 Å². The number of carbonyl (C=O) groups excluding carboxylic acids is 1. The van der Waals surface area contributed by atoms with Crippen molar-refractivity contribution in [3.8, 4) is 11.5 Å². The molecule has 3 heteroatoms. The number of unbranched alkanes of at least 4 members (excludes halogenated alkanes) is 2. The molecule has 1 rings (SSSR count). The summed E-state index contributed by atoms with van der Waals surface area (Å²) in [6, 6.07) is 7.01. The topological polar surface area (TPSA) is 35.5 Å². The van der Waals surface area contributed by atoms with Crippen LogP contribution in [-0.2, 0) is 4.79 Å². The summed E-state index contributed by atoms with van der Waals surface area (Å²) in [7, 11) is 1.60. The van der Waals surface area contributed by atoms with Crippen molar-refractivity contribution < 1.29 is 14.3 Å². The number of carbonyl (C=O) groups is 1. The van der Waals surface area contributed by atoms with Crippen molar-refractivity contribution >= 4 is 5.97 Å². The molecule has 3 nitrogen and oxygen atoms in total. The Morgan fingerprint density at radius 2 is 1.75 bits per heavy atom. The molecule has 0 saturated carbocycles. The molecule has 0 atom stereocenters. The first-order valence-electron chi connectivity index (χ1n) is 5.61. The van der Waals surface area contributed by atoms with E-state index in [4.69, 9.17) is 9.47 Å². The fourth-order valence-corrected chi connectivity index (χ4v) is 1.35. The zero-order chi connectivity index (χ0) is 11.8. The average Bonchev–Trinajstić information content (AvgIpc) is 2.30. The van der Waals surface area contributed by atoms with Crippen LogP contribution in [0.25, 0.3) is 0 Å². The Bertz CT molecular complexity index is 316. The normalized spacial score (nSPS) is 9.88. The molecule has 88 valence electrons. The summed E-state index contributed by atoms with van der Waals surface area (Å²) in [6.07, 6.45) is 3.55. The van der Waals surface area contributed by atoms with E-state index < -0.39 is 0 Å². The molecule has 1 aromatic rings. The highest BCUT2D eigenvalue weighted by molar-refractivity contribution is 5.72. The number of ether oxygens (including phenoxy) is 2. The van der Waals surface area contributed by atoms with Gasteiger partial charge in [-0.05, 0) is 30.7 Å². The number of esters is 1. The number of hydrogen-bond acceptors (Lipinski definition) is 3. The molecule has 1 aromatic carbocycles. The molecule has 0 radical (unpaired) electrons. The molecule has 0 aliphatic rings. The SMILES string of the molecule is CCCCCC(=O)Oc1ccc(OC)cc1. The molecule has 0 N–H and O–H groups in total. The maximum atomic E-state index is 11.4. The monoisotopic (exact) mass is 222 g/mol. The predicted molar refractivity (Wildman–Crippen MR) is 62.8 cm³/mol. The molecule has 0 spiro atoms. The largest absolute Gasteiger partial charge is 0.497 e. The molecule has 0 bridgehead atoms. The van der Waals surface area contributed by atoms with E-state index in [9.17, 15) is 4.79 Å². The van der Waals surface area contributed by atoms with Gasteiger partial charge in [0.1, 0.15) is 11.5 Å². The standard InChI is InChI=1S/C13H18O3/c1-3-4-5-6-13(14)16-12-9-7-11(15-2)8-10-12/h7-10H,3-6H2,1-2H3. The van der Waals surface area contributed by atoms with Crippen LogP contribution in [0.4, 0.5) is 0 Å². The summed E-state index contributed by atoms with van der Waals surface area (Å²) in [6.45, 7) is 2.11. The molecule has 16 heavy (non-hydrogen) atoms. The van der Waals surface area contributed by atoms with Gasteiger partial charge < -0.3 is 9.47 Å². The van der Waals surface area contributed by atoms with Crippen LogP contribution in [0.3, 0.4) is 0 Å². The summed E-state index contributed by atoms with van der Waals surface area (Å²) in [5.41, 5.74) is 0. The fourth-order valence-electron chi connectivity index (χ4n) is 1.35. The average molecular weight is 222 g/mol. The Kier molecular flexibility index (Phi) is 5.40. The van der Waals surface area contributed by atoms with Gasteiger partial charge in [0.2, 0.25) is 0 Å². The zero-order valence-electron chi connectivity index (χ0n) is 9.86. The first kappa shape index (κ1) is 12.6. The van der Waals surface area contributed by atoms with Crippen molar-refractivity contribution in [2.75, 3.05) is 7.11 Å². The van der Waals surface area contributed by atoms with E-state index >= 15 is 0 Å². The predicted octanol–water partition coefficient (Wildman–Crippen LogP) is 3.18. The molecular formula is C13H18O3. The molecule has 0 amide bonds. The second kappa shape index (κ2) is 6.88. The third-order valence-electron chi connectivity index (χ3n) is 2.28. The molecule has 0 aromatic heterocycles. The van der Waals surface area contributed by atoms with Crippen LogP contribution < -0.4 is 9.47 Å². The first-order valence-corrected chi connectivity index (χ1v) is 5.61. The molecule has 0 heterocycles. The Hall–Kier alpha value is -1.51. The van der Waals surface area contributed by atoms with Gasteiger partial charge in [0, 0.05) is 6.42 Å². The second-order valence-electron chi connectivity index (χ2n) is 3.61. The fraction of sp³-hybridized carbons (Fsp3) is 0.462. The number of rotatable bonds is 6. The van der Waals surface area contributed by atoms with Gasteiger partial charge >= 0.3 is 5.97 Å². The van der Waals surface area contributed by atoms with E-state index in [0.29, 0.717) is 12.2 Å². The Labute approximate surface area is 96.4 Å². The van der Waals surface area contributed by atoms with E-state index in [1.54, 1.807) is 31.4 Å². The summed E-state index contributed by atoms with van der Waals surface area (Å²) in [5.74, 6) is 1.16. The molecule has 0 saturated heterocycles. The van der Waals surface area contributed by atoms with Gasteiger partial charge in [-0.25, -0.2) is 0 Å². The lowest BCUT2D eigenvalue weighted by Gasteiger charge is -2.04. The highest BCUT2D eigenvalue weighted by Crippen LogP contribution is 2.17. The van der Waals surface area contributed by atoms with Crippen LogP contribution in [0.5, 0.6) is 11.5 Å². The summed E-state index contributed by atoms with van der Waals surface area (Å²) in [4.78, 5) is 11.4. The third kappa shape index (κ3) is 4.34. The van der Waals surface area contributed by atoms with E-state index in [-0.39, 0.29) is 5.97 Å². The highest BCUT2D eigenvalue weighted by atomic mass is 16.5. The van der Waals surface area contributed by atoms with Crippen molar-refractivity contribution in [2.24, 2.45) is 0 Å². The lowest BCUT2D eigenvalue weighted by molar-refractivity contribution is -0.134. The zero-order valence-corrected chi connectivity index (χ0v) is 9.86. The minimum absolute atomic E-state index is 0.168. The quantitative estimate of drug-likeness (QED) is 0.421. The lowest BCUT2D eigenvalue weighted by atomic mass is 10.2. The number of hydrogen-bond donors (Lipinski definition) is 0. The van der Waals surface area contributed by atoms with Gasteiger partial charge in [0.25, 0.3) is 0 Å². The van der Waals surface area contributed by atoms with Crippen molar-refractivity contribution in [3.63, 3.8) is 0 Å². The van der Waals surface area contributed by atoms with E-state index in [2.05, 4.69) is 6.92 Å². The van der Waals surface area contributed by atoms with Crippen molar-refractivity contribution in [1.29, 1.82) is 0 Å². The molecule has 0 fully saturated rings. The van der Waals surface area contributed by atoms with E-state index in [0.717, 1.165) is 25.0 Å². The van der Waals surface area contributed by atoms with Crippen LogP contribution in [0, 0.1) is 0 Å². The summed E-state index contributed by atoms with van der Waals surface area (Å²) >= 11 is 0. The van der Waals surface area contributed by atoms with Gasteiger partial charge in [-0.3, -0.25) is 4.79 Å². The van der Waals surface area contributed by atoms with Gasteiger partial charge in [0.15, 0.2) is 0 Å². The molecule has 0 aliphatic heterocycles. The maximum absolute atomic E-state index is 11.4. The Balaban J connectivity index is 2.37. The molecule has 0 aliphatic carbocycles. The summed E-state index contributed by atoms with van der Waals surface area (Å²) < 4.78 is 10.2.